The minimum Gasteiger partial charge on any atom is -0.391 e. The summed E-state index contributed by atoms with van der Waals surface area (Å²) in [5.41, 5.74) is 5.36. The number of nitrogens with one attached hydrogen (secondary N) is 1. The van der Waals surface area contributed by atoms with Crippen molar-refractivity contribution < 1.29 is 28.4 Å². The fourth-order valence-corrected chi connectivity index (χ4v) is 6.42. The third kappa shape index (κ3) is 31.8. The number of aliphatic hydroxyl groups is 1. The summed E-state index contributed by atoms with van der Waals surface area (Å²) in [4.78, 5) is 22.6. The smallest absolute Gasteiger partial charge is 0.391 e. The van der Waals surface area contributed by atoms with Gasteiger partial charge in [-0.25, -0.2) is 4.57 Å². The molecular weight excluding hydrogens is 599 g/mol. The van der Waals surface area contributed by atoms with Crippen molar-refractivity contribution in [2.24, 2.45) is 5.73 Å². The summed E-state index contributed by atoms with van der Waals surface area (Å²) < 4.78 is 22.1. The summed E-state index contributed by atoms with van der Waals surface area (Å²) in [7, 11) is -4.31. The second kappa shape index (κ2) is 34.1. The van der Waals surface area contributed by atoms with E-state index in [4.69, 9.17) is 14.8 Å². The van der Waals surface area contributed by atoms with Gasteiger partial charge in [0.25, 0.3) is 0 Å². The molecule has 3 atom stereocenters. The number of carbonyl (C=O) groups excluding carboxylic acids is 1. The maximum absolute atomic E-state index is 12.7. The quantitative estimate of drug-likeness (QED) is 0.0295. The van der Waals surface area contributed by atoms with Crippen LogP contribution in [0.15, 0.2) is 12.2 Å². The number of unbranched alkanes of at least 4 members (excludes halogenated alkanes) is 22. The highest BCUT2D eigenvalue weighted by Gasteiger charge is 2.27. The van der Waals surface area contributed by atoms with Crippen molar-refractivity contribution in [1.82, 2.24) is 5.32 Å². The van der Waals surface area contributed by atoms with E-state index >= 15 is 0 Å². The molecule has 9 heteroatoms. The van der Waals surface area contributed by atoms with Gasteiger partial charge in [0.05, 0.1) is 25.4 Å². The number of carbonyl (C=O) groups is 1. The van der Waals surface area contributed by atoms with Gasteiger partial charge in [-0.2, -0.15) is 0 Å². The molecule has 0 aliphatic heterocycles. The second-order valence-electron chi connectivity index (χ2n) is 13.1. The SMILES string of the molecule is CCCCCCCC/C=C\CCCCCCCC(=O)NC(COP(=O)(O)OCCN)C(O)CCCCCCCCCCCCCC. The summed E-state index contributed by atoms with van der Waals surface area (Å²) in [5, 5.41) is 13.7. The topological polar surface area (TPSA) is 131 Å². The number of phosphoric acid groups is 1. The Balaban J connectivity index is 4.24. The normalized spacial score (nSPS) is 14.5. The van der Waals surface area contributed by atoms with Crippen molar-refractivity contribution in [3.05, 3.63) is 12.2 Å². The van der Waals surface area contributed by atoms with Crippen LogP contribution in [-0.2, 0) is 18.4 Å². The van der Waals surface area contributed by atoms with Crippen LogP contribution in [0.2, 0.25) is 0 Å². The molecule has 3 unspecified atom stereocenters. The summed E-state index contributed by atoms with van der Waals surface area (Å²) in [6, 6.07) is -0.773. The first kappa shape index (κ1) is 45.2. The molecule has 0 spiro atoms. The maximum atomic E-state index is 12.7. The third-order valence-corrected chi connectivity index (χ3v) is 9.60. The molecule has 0 aliphatic carbocycles. The number of rotatable bonds is 36. The molecule has 0 saturated carbocycles. The zero-order valence-corrected chi connectivity index (χ0v) is 31.0. The summed E-state index contributed by atoms with van der Waals surface area (Å²) in [6.07, 6.45) is 34.9. The first-order valence-corrected chi connectivity index (χ1v) is 20.8. The zero-order chi connectivity index (χ0) is 34.0. The molecule has 0 rings (SSSR count). The standard InChI is InChI=1S/C37H75N2O6P/c1-3-5-7-9-11-13-15-17-18-19-21-23-25-27-29-31-37(41)39-35(34-45-46(42,43)44-33-32-38)36(40)30-28-26-24-22-20-16-14-12-10-8-6-4-2/h17-18,35-36,40H,3-16,19-34,38H2,1-2H3,(H,39,41)(H,42,43)/b18-17-. The van der Waals surface area contributed by atoms with Crippen LogP contribution in [-0.4, -0.2) is 47.8 Å². The summed E-state index contributed by atoms with van der Waals surface area (Å²) in [5.74, 6) is -0.171. The predicted octanol–water partition coefficient (Wildman–Crippen LogP) is 10.1. The van der Waals surface area contributed by atoms with E-state index in [9.17, 15) is 19.4 Å². The largest absolute Gasteiger partial charge is 0.472 e. The van der Waals surface area contributed by atoms with Crippen LogP contribution in [0, 0.1) is 0 Å². The Morgan fingerprint density at radius 1 is 0.696 bits per heavy atom. The molecule has 0 bridgehead atoms. The fraction of sp³-hybridized carbons (Fsp3) is 0.919. The van der Waals surface area contributed by atoms with Gasteiger partial charge >= 0.3 is 7.82 Å². The lowest BCUT2D eigenvalue weighted by molar-refractivity contribution is -0.123. The van der Waals surface area contributed by atoms with Crippen molar-refractivity contribution in [2.45, 2.75) is 199 Å². The molecule has 0 aromatic carbocycles. The van der Waals surface area contributed by atoms with Gasteiger partial charge in [0.15, 0.2) is 0 Å². The summed E-state index contributed by atoms with van der Waals surface area (Å²) >= 11 is 0. The Bertz CT molecular complexity index is 739. The number of hydrogen-bond donors (Lipinski definition) is 4. The highest BCUT2D eigenvalue weighted by atomic mass is 31.2. The van der Waals surface area contributed by atoms with Crippen molar-refractivity contribution in [1.29, 1.82) is 0 Å². The highest BCUT2D eigenvalue weighted by Crippen LogP contribution is 2.43. The number of amides is 1. The van der Waals surface area contributed by atoms with Crippen LogP contribution in [0.3, 0.4) is 0 Å². The maximum Gasteiger partial charge on any atom is 0.472 e. The Morgan fingerprint density at radius 3 is 1.61 bits per heavy atom. The van der Waals surface area contributed by atoms with Crippen molar-refractivity contribution in [3.8, 4) is 0 Å². The molecule has 0 saturated heterocycles. The molecule has 0 aromatic heterocycles. The Kier molecular flexibility index (Phi) is 33.6. The molecule has 8 nitrogen and oxygen atoms in total. The lowest BCUT2D eigenvalue weighted by atomic mass is 10.0. The number of nitrogens with two attached hydrogens (primary N) is 1. The van der Waals surface area contributed by atoms with Crippen LogP contribution >= 0.6 is 7.82 Å². The molecule has 5 N–H and O–H groups in total. The van der Waals surface area contributed by atoms with E-state index in [1.165, 1.54) is 109 Å². The monoisotopic (exact) mass is 675 g/mol. The van der Waals surface area contributed by atoms with E-state index in [2.05, 4.69) is 31.3 Å². The number of hydrogen-bond acceptors (Lipinski definition) is 6. The average Bonchev–Trinajstić information content (AvgIpc) is 3.04. The minimum absolute atomic E-state index is 0.0889. The Morgan fingerprint density at radius 2 is 1.13 bits per heavy atom. The molecule has 274 valence electrons. The highest BCUT2D eigenvalue weighted by molar-refractivity contribution is 7.47. The van der Waals surface area contributed by atoms with Gasteiger partial charge in [0.1, 0.15) is 0 Å². The molecule has 0 heterocycles. The lowest BCUT2D eigenvalue weighted by Crippen LogP contribution is -2.46. The number of phosphoric ester groups is 1. The molecule has 0 radical (unpaired) electrons. The third-order valence-electron chi connectivity index (χ3n) is 8.62. The van der Waals surface area contributed by atoms with E-state index in [-0.39, 0.29) is 25.7 Å². The van der Waals surface area contributed by atoms with Crippen LogP contribution in [0.4, 0.5) is 0 Å². The van der Waals surface area contributed by atoms with Crippen molar-refractivity contribution in [3.63, 3.8) is 0 Å². The Hall–Kier alpha value is -0.760. The lowest BCUT2D eigenvalue weighted by Gasteiger charge is -2.25. The van der Waals surface area contributed by atoms with E-state index in [1.807, 2.05) is 0 Å². The van der Waals surface area contributed by atoms with Gasteiger partial charge in [-0.15, -0.1) is 0 Å². The van der Waals surface area contributed by atoms with E-state index in [0.717, 1.165) is 51.4 Å². The first-order valence-electron chi connectivity index (χ1n) is 19.3. The van der Waals surface area contributed by atoms with Gasteiger partial charge in [-0.3, -0.25) is 13.8 Å². The molecule has 0 fully saturated rings. The van der Waals surface area contributed by atoms with Gasteiger partial charge in [-0.05, 0) is 38.5 Å². The van der Waals surface area contributed by atoms with Crippen LogP contribution < -0.4 is 11.1 Å². The first-order chi connectivity index (χ1) is 22.4. The molecule has 0 aromatic rings. The van der Waals surface area contributed by atoms with Gasteiger partial charge in [0.2, 0.25) is 5.91 Å². The second-order valence-corrected chi connectivity index (χ2v) is 14.6. The van der Waals surface area contributed by atoms with Crippen LogP contribution in [0.5, 0.6) is 0 Å². The minimum atomic E-state index is -4.31. The zero-order valence-electron chi connectivity index (χ0n) is 30.1. The molecule has 0 aliphatic rings. The molecule has 46 heavy (non-hydrogen) atoms. The van der Waals surface area contributed by atoms with Gasteiger partial charge in [-0.1, -0.05) is 154 Å². The van der Waals surface area contributed by atoms with Crippen molar-refractivity contribution >= 4 is 13.7 Å². The molecule has 1 amide bonds. The fourth-order valence-electron chi connectivity index (χ4n) is 5.66. The molecular formula is C37H75N2O6P. The van der Waals surface area contributed by atoms with E-state index < -0.39 is 20.0 Å². The van der Waals surface area contributed by atoms with E-state index in [0.29, 0.717) is 12.8 Å². The van der Waals surface area contributed by atoms with Crippen LogP contribution in [0.25, 0.3) is 0 Å². The predicted molar refractivity (Wildman–Crippen MR) is 194 cm³/mol. The van der Waals surface area contributed by atoms with Crippen molar-refractivity contribution in [2.75, 3.05) is 19.8 Å². The van der Waals surface area contributed by atoms with E-state index in [1.54, 1.807) is 0 Å². The van der Waals surface area contributed by atoms with Gasteiger partial charge in [0, 0.05) is 13.0 Å². The Labute approximate surface area is 284 Å². The number of allylic oxidation sites excluding steroid dienone is 2. The van der Waals surface area contributed by atoms with Crippen LogP contribution in [0.1, 0.15) is 187 Å². The van der Waals surface area contributed by atoms with Gasteiger partial charge < -0.3 is 21.1 Å². The summed E-state index contributed by atoms with van der Waals surface area (Å²) in [6.45, 7) is 4.18. The average molecular weight is 675 g/mol. The number of aliphatic hydroxyl groups excluding tert-OH is 1.